The fraction of sp³-hybridized carbons (Fsp3) is 0.409. The molecule has 3 rings (SSSR count). The summed E-state index contributed by atoms with van der Waals surface area (Å²) < 4.78 is 25.7. The first-order valence-electron chi connectivity index (χ1n) is 10.0. The third-order valence-electron chi connectivity index (χ3n) is 5.38. The Labute approximate surface area is 188 Å². The lowest BCUT2D eigenvalue weighted by Crippen LogP contribution is -2.41. The van der Waals surface area contributed by atoms with Gasteiger partial charge in [0.25, 0.3) is 0 Å². The number of halogens is 2. The fourth-order valence-electron chi connectivity index (χ4n) is 3.82. The highest BCUT2D eigenvalue weighted by Gasteiger charge is 2.25. The number of nitrogens with one attached hydrogen (secondary N) is 1. The maximum Gasteiger partial charge on any atom is 0.241 e. The predicted octanol–water partition coefficient (Wildman–Crippen LogP) is 4.91. The van der Waals surface area contributed by atoms with Crippen LogP contribution in [-0.4, -0.2) is 27.1 Å². The van der Waals surface area contributed by atoms with Crippen molar-refractivity contribution >= 4 is 44.8 Å². The number of benzene rings is 2. The molecule has 0 spiro atoms. The summed E-state index contributed by atoms with van der Waals surface area (Å²) in [7, 11) is -3.74. The number of fused-ring (bicyclic) bond motifs is 1. The van der Waals surface area contributed by atoms with E-state index in [4.69, 9.17) is 23.2 Å². The van der Waals surface area contributed by atoms with Crippen molar-refractivity contribution in [2.24, 2.45) is 0 Å². The van der Waals surface area contributed by atoms with E-state index in [2.05, 4.69) is 23.5 Å². The Morgan fingerprint density at radius 3 is 2.47 bits per heavy atom. The normalized spacial score (nSPS) is 14.7. The van der Waals surface area contributed by atoms with E-state index in [0.29, 0.717) is 11.4 Å². The van der Waals surface area contributed by atoms with E-state index in [1.807, 2.05) is 6.92 Å². The van der Waals surface area contributed by atoms with Crippen LogP contribution in [-0.2, 0) is 27.7 Å². The summed E-state index contributed by atoms with van der Waals surface area (Å²) in [6, 6.07) is 10.7. The molecule has 30 heavy (non-hydrogen) atoms. The number of hydrogen-bond donors (Lipinski definition) is 1. The molecule has 162 valence electrons. The van der Waals surface area contributed by atoms with E-state index in [-0.39, 0.29) is 23.3 Å². The number of carbonyl (C=O) groups excluding carboxylic acids is 1. The van der Waals surface area contributed by atoms with Gasteiger partial charge in [0, 0.05) is 5.02 Å². The highest BCUT2D eigenvalue weighted by atomic mass is 35.5. The SMILES string of the molecule is CC[C@H](NC(=O)CN(c1cc(Cl)ccc1Cl)S(C)(=O)=O)c1ccc2c(c1)CCCC2. The van der Waals surface area contributed by atoms with Crippen LogP contribution in [0.4, 0.5) is 5.69 Å². The molecule has 1 aliphatic rings. The van der Waals surface area contributed by atoms with Gasteiger partial charge in [0.1, 0.15) is 6.54 Å². The summed E-state index contributed by atoms with van der Waals surface area (Å²) in [5.74, 6) is -0.402. The van der Waals surface area contributed by atoms with Crippen molar-refractivity contribution in [3.05, 3.63) is 63.1 Å². The average Bonchev–Trinajstić information content (AvgIpc) is 2.71. The summed E-state index contributed by atoms with van der Waals surface area (Å²) in [5.41, 5.74) is 3.95. The van der Waals surface area contributed by atoms with Gasteiger partial charge in [-0.15, -0.1) is 0 Å². The van der Waals surface area contributed by atoms with Gasteiger partial charge in [-0.1, -0.05) is 48.3 Å². The average molecular weight is 469 g/mol. The number of aryl methyl sites for hydroxylation is 2. The van der Waals surface area contributed by atoms with Gasteiger partial charge in [0.15, 0.2) is 0 Å². The number of amides is 1. The van der Waals surface area contributed by atoms with Gasteiger partial charge in [-0.2, -0.15) is 0 Å². The Balaban J connectivity index is 1.79. The minimum Gasteiger partial charge on any atom is -0.348 e. The maximum absolute atomic E-state index is 12.8. The molecule has 0 bridgehead atoms. The van der Waals surface area contributed by atoms with Gasteiger partial charge < -0.3 is 5.32 Å². The second kappa shape index (κ2) is 9.58. The van der Waals surface area contributed by atoms with Crippen molar-refractivity contribution < 1.29 is 13.2 Å². The Bertz CT molecular complexity index is 1040. The molecule has 0 fully saturated rings. The zero-order valence-electron chi connectivity index (χ0n) is 17.1. The lowest BCUT2D eigenvalue weighted by molar-refractivity contribution is -0.120. The molecule has 0 unspecified atom stereocenters. The molecule has 5 nitrogen and oxygen atoms in total. The minimum absolute atomic E-state index is 0.184. The van der Waals surface area contributed by atoms with Gasteiger partial charge in [-0.05, 0) is 67.0 Å². The van der Waals surface area contributed by atoms with Crippen LogP contribution in [0.25, 0.3) is 0 Å². The second-order valence-corrected chi connectivity index (χ2v) is 10.4. The number of hydrogen-bond acceptors (Lipinski definition) is 3. The van der Waals surface area contributed by atoms with Crippen LogP contribution in [0.2, 0.25) is 10.0 Å². The molecule has 1 amide bonds. The molecule has 0 aromatic heterocycles. The summed E-state index contributed by atoms with van der Waals surface area (Å²) in [6.45, 7) is 1.62. The maximum atomic E-state index is 12.8. The first-order chi connectivity index (χ1) is 14.2. The summed E-state index contributed by atoms with van der Waals surface area (Å²) in [4.78, 5) is 12.8. The number of anilines is 1. The smallest absolute Gasteiger partial charge is 0.241 e. The summed E-state index contributed by atoms with van der Waals surface area (Å²) >= 11 is 12.2. The third kappa shape index (κ3) is 5.48. The zero-order chi connectivity index (χ0) is 21.9. The van der Waals surface area contributed by atoms with Crippen molar-refractivity contribution in [2.75, 3.05) is 17.1 Å². The van der Waals surface area contributed by atoms with Gasteiger partial charge in [0.05, 0.1) is 23.0 Å². The van der Waals surface area contributed by atoms with Crippen LogP contribution in [0.15, 0.2) is 36.4 Å². The highest BCUT2D eigenvalue weighted by molar-refractivity contribution is 7.92. The molecule has 2 aromatic rings. The number of rotatable bonds is 7. The quantitative estimate of drug-likeness (QED) is 0.627. The molecule has 0 radical (unpaired) electrons. The molecule has 8 heteroatoms. The number of nitrogens with zero attached hydrogens (tertiary/aromatic N) is 1. The molecule has 0 aliphatic heterocycles. The molecule has 1 atom stereocenters. The first kappa shape index (κ1) is 22.9. The molecular weight excluding hydrogens is 443 g/mol. The van der Waals surface area contributed by atoms with Gasteiger partial charge in [0.2, 0.25) is 15.9 Å². The van der Waals surface area contributed by atoms with Gasteiger partial charge >= 0.3 is 0 Å². The minimum atomic E-state index is -3.74. The van der Waals surface area contributed by atoms with Gasteiger partial charge in [-0.25, -0.2) is 8.42 Å². The van der Waals surface area contributed by atoms with Crippen LogP contribution in [0.3, 0.4) is 0 Å². The molecular formula is C22H26Cl2N2O3S. The zero-order valence-corrected chi connectivity index (χ0v) is 19.4. The monoisotopic (exact) mass is 468 g/mol. The topological polar surface area (TPSA) is 66.5 Å². The van der Waals surface area contributed by atoms with Crippen molar-refractivity contribution in [3.8, 4) is 0 Å². The van der Waals surface area contributed by atoms with Crippen LogP contribution in [0, 0.1) is 0 Å². The molecule has 0 saturated carbocycles. The van der Waals surface area contributed by atoms with Crippen LogP contribution in [0.5, 0.6) is 0 Å². The lowest BCUT2D eigenvalue weighted by atomic mass is 9.89. The van der Waals surface area contributed by atoms with Crippen molar-refractivity contribution in [3.63, 3.8) is 0 Å². The Hall–Kier alpha value is -1.76. The van der Waals surface area contributed by atoms with Gasteiger partial charge in [-0.3, -0.25) is 9.10 Å². The molecule has 0 heterocycles. The van der Waals surface area contributed by atoms with Crippen molar-refractivity contribution in [1.82, 2.24) is 5.32 Å². The molecule has 1 aliphatic carbocycles. The van der Waals surface area contributed by atoms with E-state index in [1.54, 1.807) is 6.07 Å². The number of carbonyl (C=O) groups is 1. The standard InChI is InChI=1S/C22H26Cl2N2O3S/c1-3-20(17-9-8-15-6-4-5-7-16(15)12-17)25-22(27)14-26(30(2,28)29)21-13-18(23)10-11-19(21)24/h8-13,20H,3-7,14H2,1-2H3,(H,25,27)/t20-/m0/s1. The molecule has 0 saturated heterocycles. The van der Waals surface area contributed by atoms with Crippen molar-refractivity contribution in [2.45, 2.75) is 45.1 Å². The van der Waals surface area contributed by atoms with E-state index in [9.17, 15) is 13.2 Å². The van der Waals surface area contributed by atoms with Crippen LogP contribution < -0.4 is 9.62 Å². The molecule has 1 N–H and O–H groups in total. The Morgan fingerprint density at radius 1 is 1.10 bits per heavy atom. The largest absolute Gasteiger partial charge is 0.348 e. The third-order valence-corrected chi connectivity index (χ3v) is 7.06. The Kier molecular flexibility index (Phi) is 7.32. The summed E-state index contributed by atoms with van der Waals surface area (Å²) in [5, 5.41) is 3.52. The predicted molar refractivity (Wildman–Crippen MR) is 123 cm³/mol. The van der Waals surface area contributed by atoms with Crippen molar-refractivity contribution in [1.29, 1.82) is 0 Å². The first-order valence-corrected chi connectivity index (χ1v) is 12.6. The highest BCUT2D eigenvalue weighted by Crippen LogP contribution is 2.31. The van der Waals surface area contributed by atoms with E-state index < -0.39 is 15.9 Å². The van der Waals surface area contributed by atoms with Crippen LogP contribution in [0.1, 0.15) is 48.9 Å². The molecule has 2 aromatic carbocycles. The second-order valence-electron chi connectivity index (χ2n) is 7.63. The summed E-state index contributed by atoms with van der Waals surface area (Å²) in [6.07, 6.45) is 6.29. The Morgan fingerprint density at radius 2 is 1.80 bits per heavy atom. The number of sulfonamides is 1. The lowest BCUT2D eigenvalue weighted by Gasteiger charge is -2.25. The van der Waals surface area contributed by atoms with E-state index >= 15 is 0 Å². The van der Waals surface area contributed by atoms with Crippen LogP contribution >= 0.6 is 23.2 Å². The van der Waals surface area contributed by atoms with E-state index in [0.717, 1.165) is 29.0 Å². The van der Waals surface area contributed by atoms with E-state index in [1.165, 1.54) is 36.1 Å². The fourth-order valence-corrected chi connectivity index (χ4v) is 5.12.